The fourth-order valence-electron chi connectivity index (χ4n) is 3.43. The summed E-state index contributed by atoms with van der Waals surface area (Å²) in [5.74, 6) is 1.50. The van der Waals surface area contributed by atoms with Crippen LogP contribution in [0, 0.1) is 0 Å². The molecule has 0 aliphatic carbocycles. The van der Waals surface area contributed by atoms with Gasteiger partial charge in [-0.15, -0.1) is 11.8 Å². The van der Waals surface area contributed by atoms with E-state index in [1.165, 1.54) is 11.8 Å². The number of hydrogen-bond donors (Lipinski definition) is 2. The third kappa shape index (κ3) is 3.13. The number of rotatable bonds is 4. The molecule has 3 heterocycles. The van der Waals surface area contributed by atoms with Gasteiger partial charge in [-0.25, -0.2) is 13.1 Å². The van der Waals surface area contributed by atoms with Crippen molar-refractivity contribution in [2.24, 2.45) is 0 Å². The van der Waals surface area contributed by atoms with Gasteiger partial charge < -0.3 is 15.5 Å². The summed E-state index contributed by atoms with van der Waals surface area (Å²) in [5.41, 5.74) is 0. The fourth-order valence-corrected chi connectivity index (χ4v) is 5.33. The van der Waals surface area contributed by atoms with Gasteiger partial charge in [0.1, 0.15) is 16.7 Å². The van der Waals surface area contributed by atoms with Gasteiger partial charge in [-0.05, 0) is 31.4 Å². The first kappa shape index (κ1) is 18.4. The number of nitrogens with zero attached hydrogens (tertiary/aromatic N) is 3. The second kappa shape index (κ2) is 6.88. The quantitative estimate of drug-likeness (QED) is 0.753. The molecule has 7 nitrogen and oxygen atoms in total. The number of piperazine rings is 1. The normalized spacial score (nSPS) is 22.7. The SMILES string of the molecule is CSc1cc2n(n1)C(N1CCNCC1)=CC(C)(S(=O)(=O)c1ccccc1)N2. The number of fused-ring (bicyclic) bond motifs is 1. The number of anilines is 1. The molecule has 144 valence electrons. The molecule has 2 N–H and O–H groups in total. The standard InChI is InChI=1S/C18H23N5O2S2/c1-18(27(24,25)14-6-4-3-5-7-14)13-17(22-10-8-19-9-11-22)23-15(20-18)12-16(21-23)26-2/h3-7,12-13,19-20H,8-11H2,1-2H3. The van der Waals surface area contributed by atoms with Gasteiger partial charge in [-0.3, -0.25) is 0 Å². The Kier molecular flexibility index (Phi) is 4.69. The predicted octanol–water partition coefficient (Wildman–Crippen LogP) is 1.92. The second-order valence-electron chi connectivity index (χ2n) is 6.77. The highest BCUT2D eigenvalue weighted by Crippen LogP contribution is 2.37. The van der Waals surface area contributed by atoms with Crippen molar-refractivity contribution in [3.05, 3.63) is 42.5 Å². The molecule has 9 heteroatoms. The molecule has 1 fully saturated rings. The molecule has 0 saturated carbocycles. The summed E-state index contributed by atoms with van der Waals surface area (Å²) >= 11 is 1.54. The molecule has 1 saturated heterocycles. The first-order valence-electron chi connectivity index (χ1n) is 8.85. The Labute approximate surface area is 163 Å². The Morgan fingerprint density at radius 3 is 2.56 bits per heavy atom. The van der Waals surface area contributed by atoms with Gasteiger partial charge in [0.25, 0.3) is 0 Å². The minimum atomic E-state index is -3.65. The number of thioether (sulfide) groups is 1. The maximum absolute atomic E-state index is 13.5. The van der Waals surface area contributed by atoms with Crippen LogP contribution >= 0.6 is 11.8 Å². The van der Waals surface area contributed by atoms with E-state index < -0.39 is 14.7 Å². The van der Waals surface area contributed by atoms with E-state index in [1.807, 2.05) is 23.1 Å². The molecule has 0 bridgehead atoms. The lowest BCUT2D eigenvalue weighted by molar-refractivity contribution is 0.321. The Hall–Kier alpha value is -1.97. The van der Waals surface area contributed by atoms with Crippen LogP contribution in [0.4, 0.5) is 5.82 Å². The van der Waals surface area contributed by atoms with Crippen LogP contribution in [0.5, 0.6) is 0 Å². The summed E-state index contributed by atoms with van der Waals surface area (Å²) < 4.78 is 28.7. The minimum absolute atomic E-state index is 0.300. The van der Waals surface area contributed by atoms with Crippen LogP contribution in [0.15, 0.2) is 52.4 Å². The lowest BCUT2D eigenvalue weighted by Crippen LogP contribution is -2.49. The van der Waals surface area contributed by atoms with Gasteiger partial charge in [-0.1, -0.05) is 18.2 Å². The van der Waals surface area contributed by atoms with Gasteiger partial charge in [0.2, 0.25) is 9.84 Å². The minimum Gasteiger partial charge on any atom is -0.354 e. The van der Waals surface area contributed by atoms with E-state index >= 15 is 0 Å². The number of nitrogens with one attached hydrogen (secondary N) is 2. The zero-order chi connectivity index (χ0) is 19.1. The molecular formula is C18H23N5O2S2. The van der Waals surface area contributed by atoms with Crippen molar-refractivity contribution in [1.82, 2.24) is 20.0 Å². The van der Waals surface area contributed by atoms with E-state index in [0.717, 1.165) is 37.0 Å². The summed E-state index contributed by atoms with van der Waals surface area (Å²) in [6.45, 7) is 5.05. The molecule has 2 aliphatic heterocycles. The van der Waals surface area contributed by atoms with Crippen molar-refractivity contribution in [3.8, 4) is 0 Å². The molecule has 0 spiro atoms. The van der Waals surface area contributed by atoms with Crippen molar-refractivity contribution >= 4 is 33.2 Å². The maximum atomic E-state index is 13.5. The molecule has 1 unspecified atom stereocenters. The van der Waals surface area contributed by atoms with E-state index in [9.17, 15) is 8.42 Å². The highest BCUT2D eigenvalue weighted by Gasteiger charge is 2.43. The number of aromatic nitrogens is 2. The van der Waals surface area contributed by atoms with Crippen LogP contribution in [0.3, 0.4) is 0 Å². The molecular weight excluding hydrogens is 382 g/mol. The molecule has 27 heavy (non-hydrogen) atoms. The number of hydrogen-bond acceptors (Lipinski definition) is 7. The van der Waals surface area contributed by atoms with Gasteiger partial charge in [-0.2, -0.15) is 5.10 Å². The summed E-state index contributed by atoms with van der Waals surface area (Å²) in [7, 11) is -3.65. The Morgan fingerprint density at radius 2 is 1.89 bits per heavy atom. The average Bonchev–Trinajstić information content (AvgIpc) is 3.11. The zero-order valence-corrected chi connectivity index (χ0v) is 17.0. The van der Waals surface area contributed by atoms with Crippen molar-refractivity contribution in [3.63, 3.8) is 0 Å². The van der Waals surface area contributed by atoms with Crippen molar-refractivity contribution < 1.29 is 8.42 Å². The summed E-state index contributed by atoms with van der Waals surface area (Å²) in [6.07, 6.45) is 3.76. The summed E-state index contributed by atoms with van der Waals surface area (Å²) in [4.78, 5) is 1.23. The van der Waals surface area contributed by atoms with E-state index in [4.69, 9.17) is 0 Å². The van der Waals surface area contributed by atoms with Gasteiger partial charge in [0, 0.05) is 32.2 Å². The van der Waals surface area contributed by atoms with Crippen LogP contribution in [0.25, 0.3) is 5.82 Å². The third-order valence-corrected chi connectivity index (χ3v) is 7.79. The monoisotopic (exact) mass is 405 g/mol. The molecule has 2 aliphatic rings. The Balaban J connectivity index is 1.84. The maximum Gasteiger partial charge on any atom is 0.205 e. The fraction of sp³-hybridized carbons (Fsp3) is 0.389. The molecule has 0 radical (unpaired) electrons. The molecule has 1 aromatic carbocycles. The van der Waals surface area contributed by atoms with Gasteiger partial charge >= 0.3 is 0 Å². The van der Waals surface area contributed by atoms with Gasteiger partial charge in [0.05, 0.1) is 4.90 Å². The summed E-state index contributed by atoms with van der Waals surface area (Å²) in [6, 6.07) is 10.5. The van der Waals surface area contributed by atoms with Gasteiger partial charge in [0.15, 0.2) is 4.87 Å². The molecule has 2 aromatic rings. The lowest BCUT2D eigenvalue weighted by Gasteiger charge is -2.38. The van der Waals surface area contributed by atoms with Crippen LogP contribution in [0.2, 0.25) is 0 Å². The molecule has 1 aromatic heterocycles. The third-order valence-electron chi connectivity index (χ3n) is 4.95. The predicted molar refractivity (Wildman–Crippen MR) is 108 cm³/mol. The van der Waals surface area contributed by atoms with E-state index in [0.29, 0.717) is 10.7 Å². The number of benzene rings is 1. The van der Waals surface area contributed by atoms with Crippen LogP contribution in [-0.2, 0) is 9.84 Å². The first-order valence-corrected chi connectivity index (χ1v) is 11.6. The molecule has 1 atom stereocenters. The number of sulfone groups is 1. The van der Waals surface area contributed by atoms with E-state index in [-0.39, 0.29) is 0 Å². The lowest BCUT2D eigenvalue weighted by atomic mass is 10.2. The topological polar surface area (TPSA) is 79.3 Å². The molecule has 4 rings (SSSR count). The zero-order valence-electron chi connectivity index (χ0n) is 15.3. The van der Waals surface area contributed by atoms with Crippen molar-refractivity contribution in [2.45, 2.75) is 21.7 Å². The highest BCUT2D eigenvalue weighted by atomic mass is 32.2. The van der Waals surface area contributed by atoms with Crippen LogP contribution in [-0.4, -0.2) is 60.4 Å². The average molecular weight is 406 g/mol. The van der Waals surface area contributed by atoms with E-state index in [1.54, 1.807) is 37.3 Å². The Morgan fingerprint density at radius 1 is 1.19 bits per heavy atom. The highest BCUT2D eigenvalue weighted by molar-refractivity contribution is 7.98. The van der Waals surface area contributed by atoms with E-state index in [2.05, 4.69) is 20.6 Å². The van der Waals surface area contributed by atoms with Crippen molar-refractivity contribution in [2.75, 3.05) is 37.8 Å². The van der Waals surface area contributed by atoms with Crippen LogP contribution in [0.1, 0.15) is 6.92 Å². The largest absolute Gasteiger partial charge is 0.354 e. The van der Waals surface area contributed by atoms with Crippen LogP contribution < -0.4 is 10.6 Å². The van der Waals surface area contributed by atoms with Crippen molar-refractivity contribution in [1.29, 1.82) is 0 Å². The second-order valence-corrected chi connectivity index (χ2v) is 9.92. The Bertz CT molecular complexity index is 965. The smallest absolute Gasteiger partial charge is 0.205 e. The summed E-state index contributed by atoms with van der Waals surface area (Å²) in [5, 5.41) is 12.0. The first-order chi connectivity index (χ1) is 12.9. The molecule has 0 amide bonds.